The molecule has 0 N–H and O–H groups in total. The van der Waals surface area contributed by atoms with Crippen LogP contribution < -0.4 is 0 Å². The Morgan fingerprint density at radius 1 is 0.711 bits per heavy atom. The zero-order valence-electron chi connectivity index (χ0n) is 21.7. The van der Waals surface area contributed by atoms with Crippen molar-refractivity contribution in [3.05, 3.63) is 149 Å². The van der Waals surface area contributed by atoms with E-state index in [0.29, 0.717) is 19.5 Å². The second-order valence-electron chi connectivity index (χ2n) is 9.54. The largest absolute Gasteiger partial charge is 0.331 e. The smallest absolute Gasteiger partial charge is 0.293 e. The predicted molar refractivity (Wildman–Crippen MR) is 151 cm³/mol. The van der Waals surface area contributed by atoms with Gasteiger partial charge in [0, 0.05) is 19.5 Å². The third-order valence-corrected chi connectivity index (χ3v) is 6.61. The average Bonchev–Trinajstić information content (AvgIpc) is 3.40. The van der Waals surface area contributed by atoms with Crippen molar-refractivity contribution in [1.82, 2.24) is 19.7 Å². The number of amides is 1. The van der Waals surface area contributed by atoms with Crippen LogP contribution >= 0.6 is 0 Å². The van der Waals surface area contributed by atoms with Gasteiger partial charge in [0.2, 0.25) is 5.82 Å². The quantitative estimate of drug-likeness (QED) is 0.228. The first-order chi connectivity index (χ1) is 18.7. The number of nitrogens with zero attached hydrogens (tertiary/aromatic N) is 4. The Balaban J connectivity index is 1.45. The molecule has 0 atom stereocenters. The Kier molecular flexibility index (Phi) is 8.04. The molecule has 1 amide bonds. The molecular formula is C33H32N4O. The van der Waals surface area contributed by atoms with Crippen molar-refractivity contribution in [2.75, 3.05) is 6.54 Å². The van der Waals surface area contributed by atoms with E-state index in [-0.39, 0.29) is 11.7 Å². The molecule has 5 nitrogen and oxygen atoms in total. The summed E-state index contributed by atoms with van der Waals surface area (Å²) < 4.78 is 1.83. The van der Waals surface area contributed by atoms with E-state index in [4.69, 9.17) is 10.1 Å². The second kappa shape index (κ2) is 12.2. The van der Waals surface area contributed by atoms with E-state index in [1.54, 1.807) is 0 Å². The molecule has 190 valence electrons. The van der Waals surface area contributed by atoms with Crippen LogP contribution in [0.5, 0.6) is 0 Å². The van der Waals surface area contributed by atoms with Crippen molar-refractivity contribution in [1.29, 1.82) is 0 Å². The van der Waals surface area contributed by atoms with E-state index in [1.807, 2.05) is 88.4 Å². The molecule has 0 unspecified atom stereocenters. The fraction of sp³-hybridized carbons (Fsp3) is 0.182. The molecule has 0 aliphatic rings. The lowest BCUT2D eigenvalue weighted by atomic mass is 10.1. The lowest BCUT2D eigenvalue weighted by molar-refractivity contribution is 0.0732. The zero-order chi connectivity index (χ0) is 26.2. The van der Waals surface area contributed by atoms with Gasteiger partial charge in [-0.25, -0.2) is 9.67 Å². The third-order valence-electron chi connectivity index (χ3n) is 6.61. The SMILES string of the molecule is Cc1cccc(-n2nc(C(=O)N(CCc3ccccc3)Cc3ccccc3)nc2CCc2ccccc2)c1. The Morgan fingerprint density at radius 3 is 1.95 bits per heavy atom. The number of hydrogen-bond acceptors (Lipinski definition) is 3. The first kappa shape index (κ1) is 25.2. The van der Waals surface area contributed by atoms with Gasteiger partial charge >= 0.3 is 0 Å². The zero-order valence-corrected chi connectivity index (χ0v) is 21.7. The van der Waals surface area contributed by atoms with Gasteiger partial charge in [-0.3, -0.25) is 4.79 Å². The van der Waals surface area contributed by atoms with Gasteiger partial charge in [0.1, 0.15) is 5.82 Å². The Bertz CT molecular complexity index is 1460. The fourth-order valence-corrected chi connectivity index (χ4v) is 4.57. The van der Waals surface area contributed by atoms with Crippen LogP contribution in [0.2, 0.25) is 0 Å². The van der Waals surface area contributed by atoms with Crippen LogP contribution in [0.3, 0.4) is 0 Å². The van der Waals surface area contributed by atoms with Gasteiger partial charge in [0.15, 0.2) is 0 Å². The molecule has 5 heteroatoms. The van der Waals surface area contributed by atoms with Crippen molar-refractivity contribution >= 4 is 5.91 Å². The van der Waals surface area contributed by atoms with Crippen molar-refractivity contribution in [2.24, 2.45) is 0 Å². The Morgan fingerprint density at radius 2 is 1.32 bits per heavy atom. The summed E-state index contributed by atoms with van der Waals surface area (Å²) in [6.45, 7) is 3.14. The van der Waals surface area contributed by atoms with Gasteiger partial charge in [-0.1, -0.05) is 103 Å². The number of hydrogen-bond donors (Lipinski definition) is 0. The van der Waals surface area contributed by atoms with Crippen LogP contribution in [-0.2, 0) is 25.8 Å². The lowest BCUT2D eigenvalue weighted by Crippen LogP contribution is -2.33. The number of rotatable bonds is 10. The van der Waals surface area contributed by atoms with E-state index < -0.39 is 0 Å². The molecule has 0 aliphatic carbocycles. The summed E-state index contributed by atoms with van der Waals surface area (Å²) in [7, 11) is 0. The molecule has 0 aliphatic heterocycles. The molecule has 0 fully saturated rings. The minimum Gasteiger partial charge on any atom is -0.331 e. The van der Waals surface area contributed by atoms with Crippen molar-refractivity contribution < 1.29 is 4.79 Å². The monoisotopic (exact) mass is 500 g/mol. The minimum absolute atomic E-state index is 0.155. The number of carbonyl (C=O) groups is 1. The molecule has 5 aromatic rings. The van der Waals surface area contributed by atoms with Crippen LogP contribution in [0.4, 0.5) is 0 Å². The molecule has 4 aromatic carbocycles. The first-order valence-corrected chi connectivity index (χ1v) is 13.1. The minimum atomic E-state index is -0.155. The maximum absolute atomic E-state index is 13.9. The molecule has 1 aromatic heterocycles. The Hall–Kier alpha value is -4.51. The van der Waals surface area contributed by atoms with Gasteiger partial charge in [-0.15, -0.1) is 5.10 Å². The molecule has 0 bridgehead atoms. The van der Waals surface area contributed by atoms with Gasteiger partial charge in [0.25, 0.3) is 5.91 Å². The highest BCUT2D eigenvalue weighted by Gasteiger charge is 2.23. The number of benzene rings is 4. The predicted octanol–water partition coefficient (Wildman–Crippen LogP) is 6.25. The highest BCUT2D eigenvalue weighted by atomic mass is 16.2. The van der Waals surface area contributed by atoms with Crippen LogP contribution in [0.1, 0.15) is 38.7 Å². The van der Waals surface area contributed by atoms with E-state index in [2.05, 4.69) is 43.3 Å². The maximum atomic E-state index is 13.9. The van der Waals surface area contributed by atoms with Gasteiger partial charge in [0.05, 0.1) is 5.69 Å². The van der Waals surface area contributed by atoms with Gasteiger partial charge in [-0.05, 0) is 54.2 Å². The normalized spacial score (nSPS) is 10.9. The van der Waals surface area contributed by atoms with Gasteiger partial charge in [-0.2, -0.15) is 0 Å². The van der Waals surface area contributed by atoms with E-state index in [0.717, 1.165) is 35.5 Å². The number of aromatic nitrogens is 3. The van der Waals surface area contributed by atoms with E-state index >= 15 is 0 Å². The molecule has 1 heterocycles. The van der Waals surface area contributed by atoms with E-state index in [1.165, 1.54) is 11.1 Å². The molecule has 0 saturated carbocycles. The maximum Gasteiger partial charge on any atom is 0.293 e. The highest BCUT2D eigenvalue weighted by Crippen LogP contribution is 2.17. The fourth-order valence-electron chi connectivity index (χ4n) is 4.57. The molecule has 38 heavy (non-hydrogen) atoms. The summed E-state index contributed by atoms with van der Waals surface area (Å²) in [6.07, 6.45) is 2.26. The van der Waals surface area contributed by atoms with Crippen LogP contribution in [0.15, 0.2) is 115 Å². The molecule has 0 spiro atoms. The summed E-state index contributed by atoms with van der Waals surface area (Å²) in [5, 5.41) is 4.77. The Labute approximate surface area is 224 Å². The molecule has 5 rings (SSSR count). The average molecular weight is 501 g/mol. The van der Waals surface area contributed by atoms with Crippen LogP contribution in [0.25, 0.3) is 5.69 Å². The highest BCUT2D eigenvalue weighted by molar-refractivity contribution is 5.90. The van der Waals surface area contributed by atoms with Crippen molar-refractivity contribution in [3.8, 4) is 5.69 Å². The summed E-state index contributed by atoms with van der Waals surface area (Å²) in [5.74, 6) is 0.862. The van der Waals surface area contributed by atoms with Gasteiger partial charge < -0.3 is 4.90 Å². The molecule has 0 radical (unpaired) electrons. The lowest BCUT2D eigenvalue weighted by Gasteiger charge is -2.21. The first-order valence-electron chi connectivity index (χ1n) is 13.1. The number of carbonyl (C=O) groups excluding carboxylic acids is 1. The second-order valence-corrected chi connectivity index (χ2v) is 9.54. The summed E-state index contributed by atoms with van der Waals surface area (Å²) in [5.41, 5.74) is 5.55. The topological polar surface area (TPSA) is 51.0 Å². The molecular weight excluding hydrogens is 468 g/mol. The van der Waals surface area contributed by atoms with E-state index in [9.17, 15) is 4.79 Å². The number of aryl methyl sites for hydroxylation is 3. The summed E-state index contributed by atoms with van der Waals surface area (Å²) in [6, 6.07) is 38.8. The van der Waals surface area contributed by atoms with Crippen LogP contribution in [-0.4, -0.2) is 32.1 Å². The molecule has 0 saturated heterocycles. The summed E-state index contributed by atoms with van der Waals surface area (Å²) in [4.78, 5) is 20.6. The standard InChI is InChI=1S/C33H32N4O/c1-26-12-11-19-30(24-26)37-31(21-20-27-13-5-2-6-14-27)34-32(35-37)33(38)36(25-29-17-9-4-10-18-29)23-22-28-15-7-3-8-16-28/h2-19,24H,20-23,25H2,1H3. The van der Waals surface area contributed by atoms with Crippen LogP contribution in [0, 0.1) is 6.92 Å². The third kappa shape index (κ3) is 6.43. The van der Waals surface area contributed by atoms with Crippen molar-refractivity contribution in [2.45, 2.75) is 32.7 Å². The summed E-state index contributed by atoms with van der Waals surface area (Å²) >= 11 is 0. The van der Waals surface area contributed by atoms with Crippen molar-refractivity contribution in [3.63, 3.8) is 0 Å².